The Morgan fingerprint density at radius 3 is 2.72 bits per heavy atom. The zero-order valence-electron chi connectivity index (χ0n) is 24.0. The number of aliphatic hydroxyl groups is 1. The van der Waals surface area contributed by atoms with Gasteiger partial charge in [-0.3, -0.25) is 9.69 Å². The number of hydrogen-bond donors (Lipinski definition) is 1. The second-order valence-electron chi connectivity index (χ2n) is 14.2. The first-order valence-electron chi connectivity index (χ1n) is 15.4. The van der Waals surface area contributed by atoms with Crippen LogP contribution < -0.4 is 0 Å². The van der Waals surface area contributed by atoms with Crippen LogP contribution in [0.1, 0.15) is 91.9 Å². The van der Waals surface area contributed by atoms with E-state index in [2.05, 4.69) is 38.7 Å². The summed E-state index contributed by atoms with van der Waals surface area (Å²) in [5.74, 6) is 0.991. The molecule has 2 saturated carbocycles. The molecule has 0 aromatic carbocycles. The van der Waals surface area contributed by atoms with Crippen molar-refractivity contribution in [3.05, 3.63) is 22.8 Å². The molecular weight excluding hydrogens is 503 g/mol. The standard InChI is InChI=1S/C32H46F3NO3/c1-18-14-27-29(36(17-18)13-5-6-28(38)32(33,34)35)20(3)31(39-27)12-10-23-24-8-7-21-15-22(37)9-11-30(21,4)26(24)16-25(23)19(31)2/h7,18,20,22-24,26-27,29,37H,5-6,8-17H2,1-4H3/t18-,20+,22-,23-,24-,26-,27+,29-,30-,31-/m0/s1. The number of aliphatic hydroxyl groups excluding tert-OH is 1. The van der Waals surface area contributed by atoms with Gasteiger partial charge < -0.3 is 9.84 Å². The van der Waals surface area contributed by atoms with Crippen molar-refractivity contribution in [2.75, 3.05) is 13.1 Å². The van der Waals surface area contributed by atoms with Crippen LogP contribution in [0.5, 0.6) is 0 Å². The summed E-state index contributed by atoms with van der Waals surface area (Å²) >= 11 is 0. The Bertz CT molecular complexity index is 1070. The average Bonchev–Trinajstić information content (AvgIpc) is 3.38. The molecule has 0 aromatic rings. The summed E-state index contributed by atoms with van der Waals surface area (Å²) in [6, 6.07) is 0.184. The van der Waals surface area contributed by atoms with Crippen molar-refractivity contribution < 1.29 is 27.8 Å². The molecule has 6 rings (SSSR count). The highest BCUT2D eigenvalue weighted by molar-refractivity contribution is 5.83. The van der Waals surface area contributed by atoms with Gasteiger partial charge >= 0.3 is 6.18 Å². The van der Waals surface area contributed by atoms with Gasteiger partial charge in [-0.15, -0.1) is 0 Å². The second-order valence-corrected chi connectivity index (χ2v) is 14.2. The first-order valence-corrected chi connectivity index (χ1v) is 15.4. The van der Waals surface area contributed by atoms with Crippen LogP contribution in [0.2, 0.25) is 0 Å². The third kappa shape index (κ3) is 4.39. The summed E-state index contributed by atoms with van der Waals surface area (Å²) in [5.41, 5.74) is 4.45. The van der Waals surface area contributed by atoms with Crippen LogP contribution in [-0.4, -0.2) is 58.9 Å². The van der Waals surface area contributed by atoms with Gasteiger partial charge in [-0.25, -0.2) is 0 Å². The quantitative estimate of drug-likeness (QED) is 0.400. The molecule has 1 N–H and O–H groups in total. The second kappa shape index (κ2) is 9.69. The molecule has 7 heteroatoms. The molecule has 4 aliphatic carbocycles. The number of hydrogen-bond acceptors (Lipinski definition) is 4. The number of nitrogens with zero attached hydrogens (tertiary/aromatic N) is 1. The molecule has 10 atom stereocenters. The normalized spacial score (nSPS) is 46.0. The molecule has 0 radical (unpaired) electrons. The molecular formula is C32H46F3NO3. The molecule has 218 valence electrons. The van der Waals surface area contributed by atoms with Crippen LogP contribution in [0.25, 0.3) is 0 Å². The highest BCUT2D eigenvalue weighted by Crippen LogP contribution is 2.65. The minimum atomic E-state index is -4.74. The van der Waals surface area contributed by atoms with Gasteiger partial charge in [0, 0.05) is 24.9 Å². The number of carbonyl (C=O) groups excluding carboxylic acids is 1. The van der Waals surface area contributed by atoms with Crippen molar-refractivity contribution in [3.8, 4) is 0 Å². The van der Waals surface area contributed by atoms with E-state index in [-0.39, 0.29) is 41.6 Å². The fourth-order valence-corrected chi connectivity index (χ4v) is 10.3. The fraction of sp³-hybridized carbons (Fsp3) is 0.844. The van der Waals surface area contributed by atoms with Gasteiger partial charge in [-0.05, 0) is 106 Å². The van der Waals surface area contributed by atoms with Crippen molar-refractivity contribution in [1.82, 2.24) is 4.90 Å². The molecule has 4 fully saturated rings. The van der Waals surface area contributed by atoms with E-state index < -0.39 is 18.4 Å². The predicted octanol–water partition coefficient (Wildman–Crippen LogP) is 6.63. The molecule has 0 amide bonds. The van der Waals surface area contributed by atoms with Gasteiger partial charge in [0.15, 0.2) is 0 Å². The van der Waals surface area contributed by atoms with Crippen molar-refractivity contribution in [2.24, 2.45) is 35.0 Å². The third-order valence-corrected chi connectivity index (χ3v) is 12.3. The third-order valence-electron chi connectivity index (χ3n) is 12.3. The first-order chi connectivity index (χ1) is 18.3. The molecule has 0 aromatic heterocycles. The lowest BCUT2D eigenvalue weighted by Gasteiger charge is -2.49. The zero-order valence-corrected chi connectivity index (χ0v) is 24.0. The van der Waals surface area contributed by atoms with Crippen molar-refractivity contribution in [1.29, 1.82) is 0 Å². The minimum Gasteiger partial charge on any atom is -0.393 e. The molecule has 1 spiro atoms. The summed E-state index contributed by atoms with van der Waals surface area (Å²) in [6.45, 7) is 10.7. The lowest BCUT2D eigenvalue weighted by atomic mass is 9.56. The van der Waals surface area contributed by atoms with E-state index in [1.807, 2.05) is 0 Å². The predicted molar refractivity (Wildman–Crippen MR) is 144 cm³/mol. The van der Waals surface area contributed by atoms with Gasteiger partial charge in [0.05, 0.1) is 17.8 Å². The summed E-state index contributed by atoms with van der Waals surface area (Å²) < 4.78 is 45.5. The number of rotatable bonds is 4. The maximum absolute atomic E-state index is 12.8. The number of ether oxygens (including phenoxy) is 1. The van der Waals surface area contributed by atoms with Crippen molar-refractivity contribution >= 4 is 5.78 Å². The van der Waals surface area contributed by atoms with Gasteiger partial charge in [0.1, 0.15) is 0 Å². The SMILES string of the molecule is CC1=C2C[C@H]3[C@@H](CC=C4C[C@@H](O)CC[C@@]43C)[C@@H]2CC[C@]12O[C@@H]1C[C@H](C)CN(CCCC(=O)C(F)(F)F)[C@H]1[C@H]2C. The summed E-state index contributed by atoms with van der Waals surface area (Å²) in [7, 11) is 0. The van der Waals surface area contributed by atoms with E-state index in [9.17, 15) is 23.1 Å². The lowest BCUT2D eigenvalue weighted by molar-refractivity contribution is -0.171. The molecule has 2 saturated heterocycles. The number of carbonyl (C=O) groups is 1. The van der Waals surface area contributed by atoms with E-state index in [0.29, 0.717) is 30.2 Å². The van der Waals surface area contributed by atoms with Gasteiger partial charge in [0.2, 0.25) is 5.78 Å². The molecule has 6 aliphatic rings. The lowest BCUT2D eigenvalue weighted by Crippen LogP contribution is -2.52. The summed E-state index contributed by atoms with van der Waals surface area (Å²) in [6.07, 6.45) is 5.64. The molecule has 4 nitrogen and oxygen atoms in total. The van der Waals surface area contributed by atoms with Crippen LogP contribution in [0, 0.1) is 35.0 Å². The Labute approximate surface area is 231 Å². The van der Waals surface area contributed by atoms with E-state index in [1.54, 1.807) is 5.57 Å². The Morgan fingerprint density at radius 1 is 1.21 bits per heavy atom. The number of halogens is 3. The van der Waals surface area contributed by atoms with E-state index in [1.165, 1.54) is 11.1 Å². The zero-order chi connectivity index (χ0) is 27.9. The number of allylic oxidation sites excluding steroid dienone is 2. The van der Waals surface area contributed by atoms with Crippen LogP contribution in [-0.2, 0) is 9.53 Å². The monoisotopic (exact) mass is 549 g/mol. The molecule has 2 heterocycles. The number of alkyl halides is 3. The van der Waals surface area contributed by atoms with Crippen LogP contribution in [0.15, 0.2) is 22.8 Å². The van der Waals surface area contributed by atoms with E-state index >= 15 is 0 Å². The number of ketones is 1. The van der Waals surface area contributed by atoms with Gasteiger partial charge in [0.25, 0.3) is 0 Å². The first kappa shape index (κ1) is 28.0. The molecule has 2 aliphatic heterocycles. The maximum atomic E-state index is 12.8. The topological polar surface area (TPSA) is 49.8 Å². The maximum Gasteiger partial charge on any atom is 0.449 e. The number of piperidine rings is 1. The minimum absolute atomic E-state index is 0.0865. The number of Topliss-reactive ketones (excluding diaryl/α,β-unsaturated/α-hetero) is 1. The Balaban J connectivity index is 1.23. The number of likely N-dealkylation sites (tertiary alicyclic amines) is 1. The average molecular weight is 550 g/mol. The highest BCUT2D eigenvalue weighted by atomic mass is 19.4. The van der Waals surface area contributed by atoms with E-state index in [0.717, 1.165) is 57.9 Å². The van der Waals surface area contributed by atoms with E-state index in [4.69, 9.17) is 4.74 Å². The van der Waals surface area contributed by atoms with Gasteiger partial charge in [-0.1, -0.05) is 38.0 Å². The molecule has 0 unspecified atom stereocenters. The summed E-state index contributed by atoms with van der Waals surface area (Å²) in [4.78, 5) is 13.8. The highest BCUT2D eigenvalue weighted by Gasteiger charge is 2.61. The Kier molecular flexibility index (Phi) is 6.95. The number of fused-ring (bicyclic) bond motifs is 6. The van der Waals surface area contributed by atoms with Crippen LogP contribution >= 0.6 is 0 Å². The van der Waals surface area contributed by atoms with Gasteiger partial charge in [-0.2, -0.15) is 13.2 Å². The Hall–Kier alpha value is -1.18. The van der Waals surface area contributed by atoms with Crippen LogP contribution in [0.3, 0.4) is 0 Å². The fourth-order valence-electron chi connectivity index (χ4n) is 10.3. The van der Waals surface area contributed by atoms with Crippen molar-refractivity contribution in [2.45, 2.75) is 122 Å². The van der Waals surface area contributed by atoms with Crippen LogP contribution in [0.4, 0.5) is 13.2 Å². The Morgan fingerprint density at radius 2 is 1.97 bits per heavy atom. The summed E-state index contributed by atoms with van der Waals surface area (Å²) in [5, 5.41) is 10.3. The molecule has 0 bridgehead atoms. The smallest absolute Gasteiger partial charge is 0.393 e. The largest absolute Gasteiger partial charge is 0.449 e. The molecule has 39 heavy (non-hydrogen) atoms. The van der Waals surface area contributed by atoms with Crippen molar-refractivity contribution in [3.63, 3.8) is 0 Å².